The molecule has 0 aromatic heterocycles. The largest absolute Gasteiger partial charge is 0.490 e. The van der Waals surface area contributed by atoms with E-state index in [0.29, 0.717) is 18.9 Å². The second-order valence-electron chi connectivity index (χ2n) is 4.82. The quantitative estimate of drug-likeness (QED) is 0.262. The summed E-state index contributed by atoms with van der Waals surface area (Å²) < 4.78 is 104. The molecule has 1 aromatic carbocycles. The van der Waals surface area contributed by atoms with Crippen molar-refractivity contribution in [2.24, 2.45) is 0 Å². The van der Waals surface area contributed by atoms with Crippen molar-refractivity contribution in [3.8, 4) is 5.75 Å². The lowest BCUT2D eigenvalue weighted by Crippen LogP contribution is -2.11. The van der Waals surface area contributed by atoms with Crippen molar-refractivity contribution in [2.45, 2.75) is 35.8 Å². The first-order chi connectivity index (χ1) is 11.5. The fourth-order valence-corrected chi connectivity index (χ4v) is 2.93. The van der Waals surface area contributed by atoms with Crippen LogP contribution < -0.4 is 4.74 Å². The summed E-state index contributed by atoms with van der Waals surface area (Å²) in [6.07, 6.45) is -3.48. The van der Waals surface area contributed by atoms with E-state index in [9.17, 15) is 35.1 Å². The highest BCUT2D eigenvalue weighted by molar-refractivity contribution is 8.00. The lowest BCUT2D eigenvalue weighted by atomic mass is 10.2. The lowest BCUT2D eigenvalue weighted by molar-refractivity contribution is -0.105. The van der Waals surface area contributed by atoms with Gasteiger partial charge in [-0.15, -0.1) is 11.8 Å². The van der Waals surface area contributed by atoms with E-state index in [1.807, 2.05) is 0 Å². The van der Waals surface area contributed by atoms with E-state index >= 15 is 0 Å². The third-order valence-electron chi connectivity index (χ3n) is 2.69. The molecule has 0 bridgehead atoms. The van der Waals surface area contributed by atoms with Crippen LogP contribution in [0.2, 0.25) is 0 Å². The van der Waals surface area contributed by atoms with Gasteiger partial charge in [-0.3, -0.25) is 0 Å². The van der Waals surface area contributed by atoms with Crippen molar-refractivity contribution < 1.29 is 39.9 Å². The Labute approximate surface area is 147 Å². The fourth-order valence-electron chi connectivity index (χ4n) is 1.64. The molecule has 144 valence electrons. The molecule has 0 aliphatic rings. The topological polar surface area (TPSA) is 9.23 Å². The molecule has 0 heterocycles. The molecule has 0 saturated carbocycles. The highest BCUT2D eigenvalue weighted by Crippen LogP contribution is 2.33. The molecule has 1 aromatic rings. The van der Waals surface area contributed by atoms with Crippen molar-refractivity contribution in [2.75, 3.05) is 18.1 Å². The summed E-state index contributed by atoms with van der Waals surface area (Å²) in [5.41, 5.74) is -4.28. The standard InChI is InChI=1S/C14H14F8OS2/c15-9-6-10(16)12(24-8-13(17,18)19)7-11(9)23-4-2-1-3-5-25-14(20,21)22/h6-7H,1-5,8H2. The summed E-state index contributed by atoms with van der Waals surface area (Å²) in [4.78, 5) is -0.393. The Morgan fingerprint density at radius 3 is 2.16 bits per heavy atom. The Morgan fingerprint density at radius 1 is 0.880 bits per heavy atom. The van der Waals surface area contributed by atoms with E-state index in [0.717, 1.165) is 6.07 Å². The lowest BCUT2D eigenvalue weighted by Gasteiger charge is -2.11. The van der Waals surface area contributed by atoms with Gasteiger partial charge >= 0.3 is 11.7 Å². The first kappa shape index (κ1) is 22.2. The van der Waals surface area contributed by atoms with Gasteiger partial charge in [0.25, 0.3) is 0 Å². The summed E-state index contributed by atoms with van der Waals surface area (Å²) in [5.74, 6) is -4.00. The molecule has 25 heavy (non-hydrogen) atoms. The molecule has 0 N–H and O–H groups in total. The second kappa shape index (κ2) is 9.75. The van der Waals surface area contributed by atoms with Gasteiger partial charge in [0.15, 0.2) is 11.6 Å². The van der Waals surface area contributed by atoms with E-state index in [-0.39, 0.29) is 42.3 Å². The van der Waals surface area contributed by atoms with Crippen LogP contribution in [0.3, 0.4) is 0 Å². The summed E-state index contributed by atoms with van der Waals surface area (Å²) in [5, 5.41) is 0. The number of alkyl halides is 6. The number of rotatable bonds is 9. The minimum absolute atomic E-state index is 0.0391. The predicted octanol–water partition coefficient (Wildman–Crippen LogP) is 6.42. The molecule has 0 saturated heterocycles. The van der Waals surface area contributed by atoms with Crippen LogP contribution in [-0.2, 0) is 0 Å². The van der Waals surface area contributed by atoms with Gasteiger partial charge in [0.05, 0.1) is 12.4 Å². The van der Waals surface area contributed by atoms with Gasteiger partial charge in [-0.25, -0.2) is 8.78 Å². The van der Waals surface area contributed by atoms with Gasteiger partial charge in [0.1, 0.15) is 5.82 Å². The molecule has 0 aliphatic heterocycles. The highest BCUT2D eigenvalue weighted by atomic mass is 32.2. The fraction of sp³-hybridized carbons (Fsp3) is 0.571. The van der Waals surface area contributed by atoms with Crippen LogP contribution in [-0.4, -0.2) is 29.8 Å². The number of hydrogen-bond donors (Lipinski definition) is 0. The van der Waals surface area contributed by atoms with Gasteiger partial charge in [0, 0.05) is 16.7 Å². The van der Waals surface area contributed by atoms with E-state index in [4.69, 9.17) is 4.74 Å². The summed E-state index contributed by atoms with van der Waals surface area (Å²) in [7, 11) is 0. The van der Waals surface area contributed by atoms with Gasteiger partial charge in [-0.1, -0.05) is 11.8 Å². The second-order valence-corrected chi connectivity index (χ2v) is 7.00. The predicted molar refractivity (Wildman–Crippen MR) is 81.0 cm³/mol. The molecule has 0 spiro atoms. The summed E-state index contributed by atoms with van der Waals surface area (Å²) in [6.45, 7) is -0.0391. The SMILES string of the molecule is Fc1cc(F)c(SCC(F)(F)F)cc1OCCCCCSC(F)(F)F. The summed E-state index contributed by atoms with van der Waals surface area (Å²) >= 11 is 0.0378. The molecule has 0 amide bonds. The molecule has 11 heteroatoms. The molecular weight excluding hydrogens is 400 g/mol. The third kappa shape index (κ3) is 10.0. The molecular formula is C14H14F8OS2. The monoisotopic (exact) mass is 414 g/mol. The van der Waals surface area contributed by atoms with E-state index in [1.54, 1.807) is 0 Å². The Hall–Kier alpha value is -0.840. The molecule has 0 aliphatic carbocycles. The zero-order valence-corrected chi connectivity index (χ0v) is 14.3. The molecule has 0 atom stereocenters. The Kier molecular flexibility index (Phi) is 8.66. The average Bonchev–Trinajstić information content (AvgIpc) is 2.45. The normalized spacial score (nSPS) is 12.5. The smallest absolute Gasteiger partial charge is 0.441 e. The van der Waals surface area contributed by atoms with Crippen molar-refractivity contribution in [1.29, 1.82) is 0 Å². The Bertz CT molecular complexity index is 545. The zero-order valence-electron chi connectivity index (χ0n) is 12.6. The van der Waals surface area contributed by atoms with Crippen LogP contribution in [0.5, 0.6) is 5.75 Å². The third-order valence-corrected chi connectivity index (χ3v) is 4.61. The maximum atomic E-state index is 13.5. The van der Waals surface area contributed by atoms with Crippen LogP contribution in [0.4, 0.5) is 35.1 Å². The maximum Gasteiger partial charge on any atom is 0.441 e. The van der Waals surface area contributed by atoms with E-state index in [2.05, 4.69) is 0 Å². The van der Waals surface area contributed by atoms with Gasteiger partial charge < -0.3 is 4.74 Å². The molecule has 1 nitrogen and oxygen atoms in total. The number of unbranched alkanes of at least 4 members (excludes halogenated alkanes) is 2. The number of ether oxygens (including phenoxy) is 1. The first-order valence-corrected chi connectivity index (χ1v) is 8.97. The average molecular weight is 414 g/mol. The Balaban J connectivity index is 2.42. The van der Waals surface area contributed by atoms with Gasteiger partial charge in [-0.2, -0.15) is 26.3 Å². The molecule has 0 unspecified atom stereocenters. The van der Waals surface area contributed by atoms with Crippen molar-refractivity contribution >= 4 is 23.5 Å². The minimum atomic E-state index is -4.50. The Morgan fingerprint density at radius 2 is 1.56 bits per heavy atom. The van der Waals surface area contributed by atoms with Gasteiger partial charge in [-0.05, 0) is 25.3 Å². The number of hydrogen-bond acceptors (Lipinski definition) is 3. The molecule has 0 fully saturated rings. The highest BCUT2D eigenvalue weighted by Gasteiger charge is 2.28. The van der Waals surface area contributed by atoms with Crippen LogP contribution in [0.15, 0.2) is 17.0 Å². The van der Waals surface area contributed by atoms with Gasteiger partial charge in [0.2, 0.25) is 0 Å². The number of benzene rings is 1. The molecule has 1 rings (SSSR count). The van der Waals surface area contributed by atoms with Crippen LogP contribution >= 0.6 is 23.5 Å². The first-order valence-electron chi connectivity index (χ1n) is 7.00. The number of thioether (sulfide) groups is 2. The van der Waals surface area contributed by atoms with E-state index < -0.39 is 39.7 Å². The van der Waals surface area contributed by atoms with Crippen molar-refractivity contribution in [3.05, 3.63) is 23.8 Å². The van der Waals surface area contributed by atoms with Crippen LogP contribution in [0.1, 0.15) is 19.3 Å². The summed E-state index contributed by atoms with van der Waals surface area (Å²) in [6, 6.07) is 1.29. The van der Waals surface area contributed by atoms with Crippen molar-refractivity contribution in [3.63, 3.8) is 0 Å². The maximum absolute atomic E-state index is 13.5. The minimum Gasteiger partial charge on any atom is -0.490 e. The van der Waals surface area contributed by atoms with Crippen molar-refractivity contribution in [1.82, 2.24) is 0 Å². The van der Waals surface area contributed by atoms with Crippen LogP contribution in [0, 0.1) is 11.6 Å². The molecule has 0 radical (unpaired) electrons. The van der Waals surface area contributed by atoms with E-state index in [1.165, 1.54) is 0 Å². The van der Waals surface area contributed by atoms with Crippen LogP contribution in [0.25, 0.3) is 0 Å². The zero-order chi connectivity index (χ0) is 19.1. The number of halogens is 8.